The molecule has 0 amide bonds. The lowest BCUT2D eigenvalue weighted by Crippen LogP contribution is -2.14. The van der Waals surface area contributed by atoms with Crippen molar-refractivity contribution in [1.29, 1.82) is 0 Å². The molecule has 1 aliphatic carbocycles. The van der Waals surface area contributed by atoms with E-state index in [1.165, 1.54) is 117 Å². The molecule has 0 aromatic heterocycles. The highest BCUT2D eigenvalue weighted by Gasteiger charge is 2.36. The van der Waals surface area contributed by atoms with E-state index in [1.807, 2.05) is 0 Å². The van der Waals surface area contributed by atoms with Crippen molar-refractivity contribution >= 4 is 32.3 Å². The minimum absolute atomic E-state index is 0.0488. The molecule has 0 spiro atoms. The largest absolute Gasteiger partial charge is 0.0656 e. The molecule has 56 heavy (non-hydrogen) atoms. The van der Waals surface area contributed by atoms with Crippen LogP contribution in [0.25, 0.3) is 88.0 Å². The lowest BCUT2D eigenvalue weighted by atomic mass is 9.81. The van der Waals surface area contributed by atoms with Crippen LogP contribution < -0.4 is 0 Å². The molecule has 9 aromatic rings. The van der Waals surface area contributed by atoms with Crippen molar-refractivity contribution in [2.45, 2.75) is 53.4 Å². The van der Waals surface area contributed by atoms with E-state index < -0.39 is 0 Å². The van der Waals surface area contributed by atoms with Gasteiger partial charge in [-0.25, -0.2) is 0 Å². The van der Waals surface area contributed by atoms with Gasteiger partial charge in [0.25, 0.3) is 0 Å². The summed E-state index contributed by atoms with van der Waals surface area (Å²) < 4.78 is 0. The number of hydrogen-bond donors (Lipinski definition) is 0. The Morgan fingerprint density at radius 1 is 0.357 bits per heavy atom. The van der Waals surface area contributed by atoms with Gasteiger partial charge in [-0.1, -0.05) is 186 Å². The van der Waals surface area contributed by atoms with Crippen molar-refractivity contribution in [3.63, 3.8) is 0 Å². The molecule has 0 saturated heterocycles. The summed E-state index contributed by atoms with van der Waals surface area (Å²) in [7, 11) is 0. The van der Waals surface area contributed by atoms with Crippen LogP contribution in [0.4, 0.5) is 0 Å². The third kappa shape index (κ3) is 5.75. The average Bonchev–Trinajstić information content (AvgIpc) is 3.46. The fraction of sp³-hybridized carbons (Fsp3) is 0.143. The number of rotatable bonds is 4. The summed E-state index contributed by atoms with van der Waals surface area (Å²) in [4.78, 5) is 0. The molecule has 0 fully saturated rings. The normalized spacial score (nSPS) is 12.7. The zero-order valence-electron chi connectivity index (χ0n) is 33.4. The third-order valence-corrected chi connectivity index (χ3v) is 11.9. The van der Waals surface area contributed by atoms with Crippen LogP contribution in [0.15, 0.2) is 170 Å². The molecule has 0 nitrogen and oxygen atoms in total. The molecule has 0 unspecified atom stereocenters. The van der Waals surface area contributed by atoms with E-state index in [0.29, 0.717) is 0 Å². The number of aryl methyl sites for hydroxylation is 2. The highest BCUT2D eigenvalue weighted by atomic mass is 14.4. The Labute approximate surface area is 332 Å². The fourth-order valence-electron chi connectivity index (χ4n) is 9.25. The molecule has 0 N–H and O–H groups in total. The second-order valence-electron chi connectivity index (χ2n) is 16.1. The van der Waals surface area contributed by atoms with Crippen molar-refractivity contribution in [1.82, 2.24) is 0 Å². The van der Waals surface area contributed by atoms with E-state index in [-0.39, 0.29) is 5.41 Å². The van der Waals surface area contributed by atoms with Crippen LogP contribution in [0, 0.1) is 13.8 Å². The molecule has 0 aliphatic heterocycles. The molecule has 0 heterocycles. The Morgan fingerprint density at radius 3 is 1.50 bits per heavy atom. The topological polar surface area (TPSA) is 0 Å². The minimum Gasteiger partial charge on any atom is -0.0656 e. The smallest absolute Gasteiger partial charge is 0.0159 e. The molecule has 0 atom stereocenters. The molecular weight excluding hydrogens is 673 g/mol. The molecular formula is C56H48. The number of benzene rings is 9. The Kier molecular flexibility index (Phi) is 8.94. The van der Waals surface area contributed by atoms with Gasteiger partial charge in [-0.2, -0.15) is 0 Å². The molecule has 0 saturated carbocycles. The van der Waals surface area contributed by atoms with Gasteiger partial charge in [-0.3, -0.25) is 0 Å². The first kappa shape index (κ1) is 35.5. The zero-order chi connectivity index (χ0) is 38.6. The van der Waals surface area contributed by atoms with Crippen LogP contribution in [0.2, 0.25) is 0 Å². The molecule has 0 heteroatoms. The average molecular weight is 721 g/mol. The van der Waals surface area contributed by atoms with E-state index in [1.54, 1.807) is 0 Å². The van der Waals surface area contributed by atoms with Gasteiger partial charge in [0.2, 0.25) is 0 Å². The van der Waals surface area contributed by atoms with Gasteiger partial charge in [0, 0.05) is 5.41 Å². The standard InChI is InChI=1S/C53H40.C3H8/c1-33-14-5-7-18-40(33)46-32-39(25-24-34(46)2)51-44-22-11-9-20-42(44)50(43-21-10-12-23-45(43)51)38-17-13-16-36(30-38)37-27-28-48-47(31-37)52-41-19-8-6-15-35(41)26-29-49(52)53(48,3)4;1-3-2/h5-32H,1-4H3;3H2,1-2H3. The molecule has 10 rings (SSSR count). The van der Waals surface area contributed by atoms with Crippen LogP contribution in [-0.2, 0) is 5.41 Å². The van der Waals surface area contributed by atoms with E-state index in [4.69, 9.17) is 0 Å². The summed E-state index contributed by atoms with van der Waals surface area (Å²) in [6.45, 7) is 13.4. The Balaban J connectivity index is 0.00000133. The highest BCUT2D eigenvalue weighted by molar-refractivity contribution is 6.21. The van der Waals surface area contributed by atoms with E-state index in [2.05, 4.69) is 211 Å². The van der Waals surface area contributed by atoms with Crippen molar-refractivity contribution in [3.8, 4) is 55.6 Å². The van der Waals surface area contributed by atoms with Gasteiger partial charge in [0.1, 0.15) is 0 Å². The Morgan fingerprint density at radius 2 is 0.839 bits per heavy atom. The maximum atomic E-state index is 2.44. The van der Waals surface area contributed by atoms with Gasteiger partial charge < -0.3 is 0 Å². The SMILES string of the molecule is CCC.Cc1ccccc1-c1cc(-c2c3ccccc3c(-c3cccc(-c4ccc5c(c4)-c4c(ccc6ccccc46)C5(C)C)c3)c3ccccc23)ccc1C. The Bertz CT molecular complexity index is 2900. The van der Waals surface area contributed by atoms with Crippen LogP contribution in [0.1, 0.15) is 56.4 Å². The first-order valence-electron chi connectivity index (χ1n) is 20.2. The first-order valence-corrected chi connectivity index (χ1v) is 20.2. The Hall–Kier alpha value is -6.24. The van der Waals surface area contributed by atoms with Gasteiger partial charge in [-0.05, 0) is 142 Å². The molecule has 1 aliphatic rings. The van der Waals surface area contributed by atoms with Gasteiger partial charge in [-0.15, -0.1) is 0 Å². The maximum Gasteiger partial charge on any atom is 0.0159 e. The lowest BCUT2D eigenvalue weighted by molar-refractivity contribution is 0.661. The maximum absolute atomic E-state index is 2.44. The summed E-state index contributed by atoms with van der Waals surface area (Å²) >= 11 is 0. The molecule has 0 radical (unpaired) electrons. The van der Waals surface area contributed by atoms with Crippen molar-refractivity contribution in [2.75, 3.05) is 0 Å². The van der Waals surface area contributed by atoms with Gasteiger partial charge >= 0.3 is 0 Å². The molecule has 9 aromatic carbocycles. The van der Waals surface area contributed by atoms with Gasteiger partial charge in [0.05, 0.1) is 0 Å². The van der Waals surface area contributed by atoms with Crippen LogP contribution in [0.3, 0.4) is 0 Å². The molecule has 272 valence electrons. The van der Waals surface area contributed by atoms with Crippen LogP contribution in [-0.4, -0.2) is 0 Å². The molecule has 0 bridgehead atoms. The predicted molar refractivity (Wildman–Crippen MR) is 244 cm³/mol. The zero-order valence-corrected chi connectivity index (χ0v) is 33.4. The van der Waals surface area contributed by atoms with E-state index in [9.17, 15) is 0 Å². The van der Waals surface area contributed by atoms with Crippen molar-refractivity contribution in [3.05, 3.63) is 192 Å². The fourth-order valence-corrected chi connectivity index (χ4v) is 9.25. The second-order valence-corrected chi connectivity index (χ2v) is 16.1. The summed E-state index contributed by atoms with van der Waals surface area (Å²) in [5, 5.41) is 7.71. The van der Waals surface area contributed by atoms with Crippen molar-refractivity contribution in [2.24, 2.45) is 0 Å². The summed E-state index contributed by atoms with van der Waals surface area (Å²) in [5.74, 6) is 0. The highest BCUT2D eigenvalue weighted by Crippen LogP contribution is 2.52. The van der Waals surface area contributed by atoms with Crippen LogP contribution in [0.5, 0.6) is 0 Å². The van der Waals surface area contributed by atoms with E-state index in [0.717, 1.165) is 0 Å². The second kappa shape index (κ2) is 14.1. The summed E-state index contributed by atoms with van der Waals surface area (Å²) in [6, 6.07) is 63.5. The third-order valence-electron chi connectivity index (χ3n) is 11.9. The van der Waals surface area contributed by atoms with Crippen LogP contribution >= 0.6 is 0 Å². The van der Waals surface area contributed by atoms with Crippen molar-refractivity contribution < 1.29 is 0 Å². The minimum atomic E-state index is -0.0488. The monoisotopic (exact) mass is 720 g/mol. The van der Waals surface area contributed by atoms with E-state index >= 15 is 0 Å². The predicted octanol–water partition coefficient (Wildman–Crippen LogP) is 16.2. The number of fused-ring (bicyclic) bond motifs is 7. The first-order chi connectivity index (χ1) is 27.3. The quantitative estimate of drug-likeness (QED) is 0.159. The number of hydrogen-bond acceptors (Lipinski definition) is 0. The summed E-state index contributed by atoms with van der Waals surface area (Å²) in [5.41, 5.74) is 18.2. The summed E-state index contributed by atoms with van der Waals surface area (Å²) in [6.07, 6.45) is 1.25. The lowest BCUT2D eigenvalue weighted by Gasteiger charge is -2.21. The van der Waals surface area contributed by atoms with Gasteiger partial charge in [0.15, 0.2) is 0 Å².